The molecule has 1 heterocycles. The predicted molar refractivity (Wildman–Crippen MR) is 104 cm³/mol. The smallest absolute Gasteiger partial charge is 0.224 e. The molecule has 1 aliphatic rings. The number of thiol groups is 1. The summed E-state index contributed by atoms with van der Waals surface area (Å²) >= 11 is 4.64. The topological polar surface area (TPSA) is 29.5 Å². The van der Waals surface area contributed by atoms with Gasteiger partial charge in [-0.25, -0.2) is 0 Å². The van der Waals surface area contributed by atoms with Crippen LogP contribution in [0.3, 0.4) is 0 Å². The number of ether oxygens (including phenoxy) is 1. The number of amides is 1. The van der Waals surface area contributed by atoms with Gasteiger partial charge in [-0.05, 0) is 42.2 Å². The van der Waals surface area contributed by atoms with Crippen LogP contribution in [0.15, 0.2) is 54.6 Å². The third kappa shape index (κ3) is 4.57. The molecule has 0 radical (unpaired) electrons. The molecule has 0 unspecified atom stereocenters. The van der Waals surface area contributed by atoms with E-state index in [9.17, 15) is 4.79 Å². The van der Waals surface area contributed by atoms with E-state index >= 15 is 0 Å². The molecule has 1 aliphatic heterocycles. The summed E-state index contributed by atoms with van der Waals surface area (Å²) in [5, 5.41) is 0.135. The minimum absolute atomic E-state index is 0.135. The van der Waals surface area contributed by atoms with Crippen LogP contribution in [0.1, 0.15) is 32.3 Å². The molecule has 1 fully saturated rings. The second-order valence-electron chi connectivity index (χ2n) is 7.05. The first-order valence-electron chi connectivity index (χ1n) is 8.82. The highest BCUT2D eigenvalue weighted by molar-refractivity contribution is 7.81. The van der Waals surface area contributed by atoms with Crippen molar-refractivity contribution in [3.8, 4) is 11.5 Å². The summed E-state index contributed by atoms with van der Waals surface area (Å²) in [7, 11) is 0. The first kappa shape index (κ1) is 17.9. The molecule has 2 aromatic carbocycles. The summed E-state index contributed by atoms with van der Waals surface area (Å²) < 4.78 is 5.82. The van der Waals surface area contributed by atoms with E-state index in [0.29, 0.717) is 18.9 Å². The highest BCUT2D eigenvalue weighted by atomic mass is 32.1. The van der Waals surface area contributed by atoms with Gasteiger partial charge in [-0.2, -0.15) is 12.6 Å². The number of likely N-dealkylation sites (tertiary alicyclic amines) is 1. The lowest BCUT2D eigenvalue weighted by molar-refractivity contribution is -0.129. The summed E-state index contributed by atoms with van der Waals surface area (Å²) in [6.07, 6.45) is 1.53. The van der Waals surface area contributed by atoms with Crippen molar-refractivity contribution < 1.29 is 9.53 Å². The van der Waals surface area contributed by atoms with Gasteiger partial charge in [-0.3, -0.25) is 4.79 Å². The highest BCUT2D eigenvalue weighted by Gasteiger charge is 2.37. The third-order valence-corrected chi connectivity index (χ3v) is 5.04. The van der Waals surface area contributed by atoms with Crippen LogP contribution >= 0.6 is 12.6 Å². The van der Waals surface area contributed by atoms with Crippen LogP contribution in [0.2, 0.25) is 0 Å². The number of benzene rings is 2. The first-order valence-corrected chi connectivity index (χ1v) is 9.34. The number of hydrogen-bond acceptors (Lipinski definition) is 3. The van der Waals surface area contributed by atoms with Gasteiger partial charge >= 0.3 is 0 Å². The lowest BCUT2D eigenvalue weighted by Gasteiger charge is -2.28. The second kappa shape index (κ2) is 7.96. The van der Waals surface area contributed by atoms with Gasteiger partial charge in [-0.15, -0.1) is 0 Å². The van der Waals surface area contributed by atoms with E-state index in [4.69, 9.17) is 4.74 Å². The largest absolute Gasteiger partial charge is 0.457 e. The fraction of sp³-hybridized carbons (Fsp3) is 0.381. The fourth-order valence-corrected chi connectivity index (χ4v) is 3.72. The maximum atomic E-state index is 12.3. The average Bonchev–Trinajstić information content (AvgIpc) is 2.84. The van der Waals surface area contributed by atoms with Crippen LogP contribution in [-0.4, -0.2) is 22.1 Å². The van der Waals surface area contributed by atoms with Crippen LogP contribution in [0.25, 0.3) is 0 Å². The molecule has 4 heteroatoms. The van der Waals surface area contributed by atoms with Gasteiger partial charge in [0.05, 0.1) is 0 Å². The maximum Gasteiger partial charge on any atom is 0.224 e. The summed E-state index contributed by atoms with van der Waals surface area (Å²) in [6, 6.07) is 17.9. The molecule has 0 N–H and O–H groups in total. The third-order valence-electron chi connectivity index (χ3n) is 4.52. The van der Waals surface area contributed by atoms with Gasteiger partial charge in [0.2, 0.25) is 5.91 Å². The zero-order valence-electron chi connectivity index (χ0n) is 14.8. The number of para-hydroxylation sites is 1. The Labute approximate surface area is 155 Å². The Balaban J connectivity index is 1.67. The molecule has 2 aromatic rings. The highest BCUT2D eigenvalue weighted by Crippen LogP contribution is 2.30. The molecule has 3 nitrogen and oxygen atoms in total. The SMILES string of the molecule is CC(C)C[C@@H]1[C@@H](S)CC(=O)N1Cc1ccc(Oc2ccccc2)cc1. The molecule has 1 saturated heterocycles. The monoisotopic (exact) mass is 355 g/mol. The predicted octanol–water partition coefficient (Wildman–Crippen LogP) is 4.92. The van der Waals surface area contributed by atoms with E-state index in [1.807, 2.05) is 59.5 Å². The molecule has 25 heavy (non-hydrogen) atoms. The maximum absolute atomic E-state index is 12.3. The standard InChI is InChI=1S/C21H25NO2S/c1-15(2)12-19-20(25)13-21(23)22(19)14-16-8-10-18(11-9-16)24-17-6-4-3-5-7-17/h3-11,15,19-20,25H,12-14H2,1-2H3/t19-,20+/m1/s1. The quantitative estimate of drug-likeness (QED) is 0.745. The van der Waals surface area contributed by atoms with Crippen LogP contribution in [0.4, 0.5) is 0 Å². The van der Waals surface area contributed by atoms with E-state index < -0.39 is 0 Å². The molecule has 0 aromatic heterocycles. The van der Waals surface area contributed by atoms with Crippen LogP contribution in [-0.2, 0) is 11.3 Å². The van der Waals surface area contributed by atoms with Crippen molar-refractivity contribution in [3.63, 3.8) is 0 Å². The van der Waals surface area contributed by atoms with Gasteiger partial charge in [-0.1, -0.05) is 44.2 Å². The minimum Gasteiger partial charge on any atom is -0.457 e. The molecule has 1 amide bonds. The molecule has 0 aliphatic carbocycles. The Kier molecular flexibility index (Phi) is 5.69. The Morgan fingerprint density at radius 2 is 1.72 bits per heavy atom. The minimum atomic E-state index is 0.135. The van der Waals surface area contributed by atoms with E-state index in [1.165, 1.54) is 0 Å². The van der Waals surface area contributed by atoms with Gasteiger partial charge in [0.15, 0.2) is 0 Å². The van der Waals surface area contributed by atoms with Crippen molar-refractivity contribution in [3.05, 3.63) is 60.2 Å². The number of nitrogens with zero attached hydrogens (tertiary/aromatic N) is 1. The lowest BCUT2D eigenvalue weighted by Crippen LogP contribution is -2.36. The van der Waals surface area contributed by atoms with Gasteiger partial charge in [0.1, 0.15) is 11.5 Å². The summed E-state index contributed by atoms with van der Waals surface area (Å²) in [5.41, 5.74) is 1.12. The van der Waals surface area contributed by atoms with Crippen molar-refractivity contribution in [2.24, 2.45) is 5.92 Å². The van der Waals surface area contributed by atoms with Crippen LogP contribution in [0, 0.1) is 5.92 Å². The molecule has 0 bridgehead atoms. The van der Waals surface area contributed by atoms with Crippen molar-refractivity contribution in [2.75, 3.05) is 0 Å². The molecule has 132 valence electrons. The molecular weight excluding hydrogens is 330 g/mol. The van der Waals surface area contributed by atoms with Crippen LogP contribution in [0.5, 0.6) is 11.5 Å². The fourth-order valence-electron chi connectivity index (χ4n) is 3.28. The average molecular weight is 356 g/mol. The first-order chi connectivity index (χ1) is 12.0. The van der Waals surface area contributed by atoms with Gasteiger partial charge < -0.3 is 9.64 Å². The van der Waals surface area contributed by atoms with E-state index in [1.54, 1.807) is 0 Å². The lowest BCUT2D eigenvalue weighted by atomic mass is 10.0. The van der Waals surface area contributed by atoms with E-state index in [2.05, 4.69) is 26.5 Å². The van der Waals surface area contributed by atoms with Crippen molar-refractivity contribution in [2.45, 2.75) is 44.5 Å². The Hall–Kier alpha value is -1.94. The zero-order valence-corrected chi connectivity index (χ0v) is 15.7. The summed E-state index contributed by atoms with van der Waals surface area (Å²) in [6.45, 7) is 5.02. The Bertz CT molecular complexity index is 700. The van der Waals surface area contributed by atoms with Crippen molar-refractivity contribution in [1.29, 1.82) is 0 Å². The Morgan fingerprint density at radius 3 is 2.36 bits per heavy atom. The van der Waals surface area contributed by atoms with E-state index in [-0.39, 0.29) is 17.2 Å². The molecule has 2 atom stereocenters. The Morgan fingerprint density at radius 1 is 1.08 bits per heavy atom. The van der Waals surface area contributed by atoms with Crippen LogP contribution < -0.4 is 4.74 Å². The van der Waals surface area contributed by atoms with Crippen molar-refractivity contribution >= 4 is 18.5 Å². The van der Waals surface area contributed by atoms with Gasteiger partial charge in [0.25, 0.3) is 0 Å². The molecule has 3 rings (SSSR count). The van der Waals surface area contributed by atoms with Crippen molar-refractivity contribution in [1.82, 2.24) is 4.90 Å². The molecule has 0 spiro atoms. The van der Waals surface area contributed by atoms with E-state index in [0.717, 1.165) is 23.5 Å². The number of hydrogen-bond donors (Lipinski definition) is 1. The molecular formula is C21H25NO2S. The number of carbonyl (C=O) groups excluding carboxylic acids is 1. The van der Waals surface area contributed by atoms with Gasteiger partial charge in [0, 0.05) is 24.3 Å². The number of carbonyl (C=O) groups is 1. The normalized spacial score (nSPS) is 20.3. The zero-order chi connectivity index (χ0) is 17.8. The molecule has 0 saturated carbocycles. The second-order valence-corrected chi connectivity index (χ2v) is 7.71. The summed E-state index contributed by atoms with van der Waals surface area (Å²) in [5.74, 6) is 2.37. The summed E-state index contributed by atoms with van der Waals surface area (Å²) in [4.78, 5) is 14.3. The number of rotatable bonds is 6.